The van der Waals surface area contributed by atoms with E-state index in [1.54, 1.807) is 13.0 Å². The monoisotopic (exact) mass is 292 g/mol. The van der Waals surface area contributed by atoms with Crippen LogP contribution in [0.1, 0.15) is 24.0 Å². The van der Waals surface area contributed by atoms with E-state index in [1.165, 1.54) is 18.9 Å². The second-order valence-corrected chi connectivity index (χ2v) is 5.92. The van der Waals surface area contributed by atoms with Gasteiger partial charge in [-0.15, -0.1) is 0 Å². The minimum Gasteiger partial charge on any atom is -0.377 e. The van der Waals surface area contributed by atoms with E-state index in [-0.39, 0.29) is 17.9 Å². The summed E-state index contributed by atoms with van der Waals surface area (Å²) < 4.78 is 19.0. The number of morpholine rings is 1. The highest BCUT2D eigenvalue weighted by molar-refractivity contribution is 5.74. The number of urea groups is 1. The molecule has 0 spiro atoms. The van der Waals surface area contributed by atoms with Crippen molar-refractivity contribution in [1.82, 2.24) is 10.2 Å². The summed E-state index contributed by atoms with van der Waals surface area (Å²) >= 11 is 0. The molecule has 114 valence electrons. The van der Waals surface area contributed by atoms with Crippen LogP contribution in [-0.4, -0.2) is 36.7 Å². The lowest BCUT2D eigenvalue weighted by molar-refractivity contribution is 0.00463. The Kier molecular flexibility index (Phi) is 4.10. The Hall–Kier alpha value is -1.62. The van der Waals surface area contributed by atoms with E-state index in [0.29, 0.717) is 37.8 Å². The minimum absolute atomic E-state index is 0.0730. The first-order valence-electron chi connectivity index (χ1n) is 7.52. The molecule has 1 aliphatic heterocycles. The Morgan fingerprint density at radius 3 is 3.00 bits per heavy atom. The van der Waals surface area contributed by atoms with Crippen LogP contribution in [0.3, 0.4) is 0 Å². The van der Waals surface area contributed by atoms with Crippen molar-refractivity contribution in [2.75, 3.05) is 19.8 Å². The van der Waals surface area contributed by atoms with Gasteiger partial charge in [-0.25, -0.2) is 9.18 Å². The number of carbonyl (C=O) groups is 1. The van der Waals surface area contributed by atoms with Crippen LogP contribution in [0.2, 0.25) is 0 Å². The third-order valence-electron chi connectivity index (χ3n) is 4.27. The standard InChI is InChI=1S/C16H21FN2O2/c1-11-2-3-12(8-14(11)17)9-18-16(20)19-6-7-21-10-15(19)13-4-5-13/h2-3,8,13,15H,4-7,9-10H2,1H3,(H,18,20)/t15-/m0/s1. The molecule has 5 heteroatoms. The summed E-state index contributed by atoms with van der Waals surface area (Å²) in [7, 11) is 0. The van der Waals surface area contributed by atoms with E-state index in [4.69, 9.17) is 4.74 Å². The summed E-state index contributed by atoms with van der Waals surface area (Å²) in [5, 5.41) is 2.89. The van der Waals surface area contributed by atoms with Gasteiger partial charge in [0.15, 0.2) is 0 Å². The molecule has 0 unspecified atom stereocenters. The minimum atomic E-state index is -0.232. The summed E-state index contributed by atoms with van der Waals surface area (Å²) in [6.45, 7) is 3.94. The maximum absolute atomic E-state index is 13.5. The van der Waals surface area contributed by atoms with E-state index in [0.717, 1.165) is 5.56 Å². The lowest BCUT2D eigenvalue weighted by Crippen LogP contribution is -2.53. The van der Waals surface area contributed by atoms with E-state index in [1.807, 2.05) is 11.0 Å². The molecule has 4 nitrogen and oxygen atoms in total. The smallest absolute Gasteiger partial charge is 0.318 e. The second-order valence-electron chi connectivity index (χ2n) is 5.92. The molecule has 21 heavy (non-hydrogen) atoms. The Morgan fingerprint density at radius 2 is 2.29 bits per heavy atom. The molecule has 2 aliphatic rings. The molecular formula is C16H21FN2O2. The maximum Gasteiger partial charge on any atom is 0.318 e. The molecule has 1 atom stereocenters. The number of carbonyl (C=O) groups excluding carboxylic acids is 1. The maximum atomic E-state index is 13.5. The van der Waals surface area contributed by atoms with Gasteiger partial charge in [0.1, 0.15) is 5.82 Å². The molecular weight excluding hydrogens is 271 g/mol. The quantitative estimate of drug-likeness (QED) is 0.930. The number of nitrogens with one attached hydrogen (secondary N) is 1. The zero-order valence-corrected chi connectivity index (χ0v) is 12.3. The molecule has 2 amide bonds. The number of halogens is 1. The molecule has 1 saturated heterocycles. The Bertz CT molecular complexity index is 531. The van der Waals surface area contributed by atoms with Crippen LogP contribution in [-0.2, 0) is 11.3 Å². The SMILES string of the molecule is Cc1ccc(CNC(=O)N2CCOC[C@H]2C2CC2)cc1F. The van der Waals surface area contributed by atoms with Crippen LogP contribution >= 0.6 is 0 Å². The average molecular weight is 292 g/mol. The van der Waals surface area contributed by atoms with Crippen LogP contribution in [0.5, 0.6) is 0 Å². The largest absolute Gasteiger partial charge is 0.377 e. The Morgan fingerprint density at radius 1 is 1.48 bits per heavy atom. The highest BCUT2D eigenvalue weighted by atomic mass is 19.1. The predicted molar refractivity (Wildman–Crippen MR) is 77.4 cm³/mol. The number of rotatable bonds is 3. The molecule has 3 rings (SSSR count). The lowest BCUT2D eigenvalue weighted by atomic mass is 10.1. The number of nitrogens with zero attached hydrogens (tertiary/aromatic N) is 1. The fourth-order valence-corrected chi connectivity index (χ4v) is 2.77. The molecule has 1 saturated carbocycles. The van der Waals surface area contributed by atoms with Crippen LogP contribution in [0.25, 0.3) is 0 Å². The van der Waals surface area contributed by atoms with Gasteiger partial charge in [-0.05, 0) is 42.9 Å². The first-order valence-corrected chi connectivity index (χ1v) is 7.52. The molecule has 1 heterocycles. The van der Waals surface area contributed by atoms with Gasteiger partial charge in [-0.1, -0.05) is 12.1 Å². The van der Waals surface area contributed by atoms with Crippen molar-refractivity contribution in [1.29, 1.82) is 0 Å². The summed E-state index contributed by atoms with van der Waals surface area (Å²) in [5.74, 6) is 0.358. The normalized spacial score (nSPS) is 22.2. The average Bonchev–Trinajstić information content (AvgIpc) is 3.33. The van der Waals surface area contributed by atoms with Crippen molar-refractivity contribution in [2.24, 2.45) is 5.92 Å². The zero-order chi connectivity index (χ0) is 14.8. The van der Waals surface area contributed by atoms with Gasteiger partial charge in [0.05, 0.1) is 19.3 Å². The van der Waals surface area contributed by atoms with E-state index in [9.17, 15) is 9.18 Å². The van der Waals surface area contributed by atoms with Crippen molar-refractivity contribution in [2.45, 2.75) is 32.4 Å². The van der Waals surface area contributed by atoms with E-state index < -0.39 is 0 Å². The predicted octanol–water partition coefficient (Wildman–Crippen LogP) is 2.45. The fraction of sp³-hybridized carbons (Fsp3) is 0.562. The third kappa shape index (κ3) is 3.35. The van der Waals surface area contributed by atoms with Gasteiger partial charge in [0.25, 0.3) is 0 Å². The first-order chi connectivity index (χ1) is 10.1. The van der Waals surface area contributed by atoms with E-state index in [2.05, 4.69) is 5.32 Å². The van der Waals surface area contributed by atoms with Crippen LogP contribution in [0.15, 0.2) is 18.2 Å². The summed E-state index contributed by atoms with van der Waals surface area (Å²) in [5.41, 5.74) is 1.40. The van der Waals surface area contributed by atoms with Crippen LogP contribution in [0, 0.1) is 18.7 Å². The van der Waals surface area contributed by atoms with Gasteiger partial charge in [0.2, 0.25) is 0 Å². The number of aryl methyl sites for hydroxylation is 1. The van der Waals surface area contributed by atoms with Crippen molar-refractivity contribution < 1.29 is 13.9 Å². The summed E-state index contributed by atoms with van der Waals surface area (Å²) in [4.78, 5) is 14.2. The second kappa shape index (κ2) is 6.02. The molecule has 1 aliphatic carbocycles. The number of ether oxygens (including phenoxy) is 1. The van der Waals surface area contributed by atoms with Crippen molar-refractivity contribution in [3.63, 3.8) is 0 Å². The van der Waals surface area contributed by atoms with E-state index >= 15 is 0 Å². The van der Waals surface area contributed by atoms with Gasteiger partial charge in [-0.3, -0.25) is 0 Å². The molecule has 0 radical (unpaired) electrons. The molecule has 1 aromatic rings. The molecule has 0 bridgehead atoms. The van der Waals surface area contributed by atoms with Crippen LogP contribution < -0.4 is 5.32 Å². The topological polar surface area (TPSA) is 41.6 Å². The zero-order valence-electron chi connectivity index (χ0n) is 12.3. The Balaban J connectivity index is 1.58. The highest BCUT2D eigenvalue weighted by Gasteiger charge is 2.39. The van der Waals surface area contributed by atoms with Gasteiger partial charge in [-0.2, -0.15) is 0 Å². The van der Waals surface area contributed by atoms with Crippen LogP contribution in [0.4, 0.5) is 9.18 Å². The fourth-order valence-electron chi connectivity index (χ4n) is 2.77. The van der Waals surface area contributed by atoms with Crippen molar-refractivity contribution in [3.05, 3.63) is 35.1 Å². The lowest BCUT2D eigenvalue weighted by Gasteiger charge is -2.35. The summed E-state index contributed by atoms with van der Waals surface area (Å²) in [6, 6.07) is 5.19. The van der Waals surface area contributed by atoms with Crippen molar-refractivity contribution >= 4 is 6.03 Å². The number of hydrogen-bond acceptors (Lipinski definition) is 2. The summed E-state index contributed by atoms with van der Waals surface area (Å²) in [6.07, 6.45) is 2.36. The first kappa shape index (κ1) is 14.3. The van der Waals surface area contributed by atoms with Gasteiger partial charge >= 0.3 is 6.03 Å². The van der Waals surface area contributed by atoms with Gasteiger partial charge in [0, 0.05) is 13.1 Å². The molecule has 0 aromatic heterocycles. The number of hydrogen-bond donors (Lipinski definition) is 1. The number of amides is 2. The number of benzene rings is 1. The molecule has 1 aromatic carbocycles. The molecule has 1 N–H and O–H groups in total. The molecule has 2 fully saturated rings. The Labute approximate surface area is 124 Å². The van der Waals surface area contributed by atoms with Crippen molar-refractivity contribution in [3.8, 4) is 0 Å². The van der Waals surface area contributed by atoms with Gasteiger partial charge < -0.3 is 15.0 Å². The highest BCUT2D eigenvalue weighted by Crippen LogP contribution is 2.36. The third-order valence-corrected chi connectivity index (χ3v) is 4.27.